The van der Waals surface area contributed by atoms with Crippen LogP contribution in [0.25, 0.3) is 6.08 Å². The summed E-state index contributed by atoms with van der Waals surface area (Å²) in [6.45, 7) is 1.97. The summed E-state index contributed by atoms with van der Waals surface area (Å²) in [5.41, 5.74) is 2.58. The van der Waals surface area contributed by atoms with Gasteiger partial charge >= 0.3 is 0 Å². The number of thiocarbonyl (C=S) groups is 1. The van der Waals surface area contributed by atoms with Gasteiger partial charge in [0.1, 0.15) is 16.7 Å². The first-order valence-electron chi connectivity index (χ1n) is 7.59. The molecule has 126 valence electrons. The number of hydrogen-bond acceptors (Lipinski definition) is 5. The van der Waals surface area contributed by atoms with Crippen LogP contribution in [0.4, 0.5) is 0 Å². The first-order chi connectivity index (χ1) is 12.0. The number of carbonyl (C=O) groups is 2. The number of benzene rings is 2. The van der Waals surface area contributed by atoms with Gasteiger partial charge in [-0.3, -0.25) is 9.59 Å². The van der Waals surface area contributed by atoms with Crippen molar-refractivity contribution in [2.75, 3.05) is 0 Å². The fourth-order valence-electron chi connectivity index (χ4n) is 2.24. The minimum Gasteiger partial charge on any atom is -0.489 e. The number of hydrogen-bond donors (Lipinski definition) is 1. The zero-order valence-corrected chi connectivity index (χ0v) is 15.1. The molecule has 2 aromatic carbocycles. The van der Waals surface area contributed by atoms with Crippen molar-refractivity contribution in [2.45, 2.75) is 13.5 Å². The molecule has 1 fully saturated rings. The first-order valence-corrected chi connectivity index (χ1v) is 8.81. The van der Waals surface area contributed by atoms with Crippen LogP contribution in [0.2, 0.25) is 0 Å². The Hall–Kier alpha value is -2.44. The summed E-state index contributed by atoms with van der Waals surface area (Å²) in [7, 11) is 0. The van der Waals surface area contributed by atoms with Crippen LogP contribution in [-0.2, 0) is 11.4 Å². The van der Waals surface area contributed by atoms with E-state index in [0.29, 0.717) is 21.4 Å². The van der Waals surface area contributed by atoms with Gasteiger partial charge in [-0.2, -0.15) is 0 Å². The Labute approximate surface area is 155 Å². The van der Waals surface area contributed by atoms with Crippen LogP contribution in [0.15, 0.2) is 53.4 Å². The summed E-state index contributed by atoms with van der Waals surface area (Å²) < 4.78 is 6.22. The van der Waals surface area contributed by atoms with Crippen LogP contribution in [0.5, 0.6) is 5.75 Å². The third-order valence-electron chi connectivity index (χ3n) is 3.59. The Morgan fingerprint density at radius 3 is 2.40 bits per heavy atom. The molecular formula is C19H15NO3S2. The highest BCUT2D eigenvalue weighted by atomic mass is 32.2. The quantitative estimate of drug-likeness (QED) is 0.491. The Balaban J connectivity index is 1.61. The van der Waals surface area contributed by atoms with Gasteiger partial charge in [0.2, 0.25) is 0 Å². The van der Waals surface area contributed by atoms with Crippen LogP contribution >= 0.6 is 24.0 Å². The normalized spacial score (nSPS) is 15.3. The van der Waals surface area contributed by atoms with E-state index in [-0.39, 0.29) is 11.7 Å². The van der Waals surface area contributed by atoms with Gasteiger partial charge in [0.05, 0.1) is 4.91 Å². The van der Waals surface area contributed by atoms with E-state index >= 15 is 0 Å². The van der Waals surface area contributed by atoms with E-state index in [0.717, 1.165) is 16.9 Å². The number of ketones is 1. The minimum absolute atomic E-state index is 0.0482. The number of carbonyl (C=O) groups excluding carboxylic acids is 2. The molecule has 0 atom stereocenters. The first kappa shape index (κ1) is 17.4. The zero-order chi connectivity index (χ0) is 17.8. The molecular weight excluding hydrogens is 354 g/mol. The molecule has 3 rings (SSSR count). The fraction of sp³-hybridized carbons (Fsp3) is 0.105. The molecule has 0 unspecified atom stereocenters. The maximum atomic E-state index is 11.6. The largest absolute Gasteiger partial charge is 0.489 e. The highest BCUT2D eigenvalue weighted by Gasteiger charge is 2.21. The van der Waals surface area contributed by atoms with E-state index in [1.54, 1.807) is 25.1 Å². The Morgan fingerprint density at radius 1 is 1.16 bits per heavy atom. The van der Waals surface area contributed by atoms with Crippen LogP contribution in [-0.4, -0.2) is 16.0 Å². The second kappa shape index (κ2) is 7.63. The molecule has 1 N–H and O–H groups in total. The molecule has 0 aliphatic carbocycles. The van der Waals surface area contributed by atoms with Gasteiger partial charge in [-0.25, -0.2) is 0 Å². The summed E-state index contributed by atoms with van der Waals surface area (Å²) in [6, 6.07) is 14.8. The topological polar surface area (TPSA) is 55.4 Å². The van der Waals surface area contributed by atoms with Crippen molar-refractivity contribution >= 4 is 46.1 Å². The molecule has 0 aromatic heterocycles. The zero-order valence-electron chi connectivity index (χ0n) is 13.4. The number of Topliss-reactive ketones (excluding diaryl/α,β-unsaturated/α-hetero) is 1. The van der Waals surface area contributed by atoms with E-state index in [2.05, 4.69) is 5.32 Å². The Bertz CT molecular complexity index is 855. The molecule has 4 nitrogen and oxygen atoms in total. The molecule has 25 heavy (non-hydrogen) atoms. The SMILES string of the molecule is CC(=O)c1ccc(COc2ccc(/C=C3\SC(=S)NC3=O)cc2)cc1. The number of rotatable bonds is 5. The van der Waals surface area contributed by atoms with Gasteiger partial charge in [-0.15, -0.1) is 0 Å². The van der Waals surface area contributed by atoms with Crippen LogP contribution in [0.3, 0.4) is 0 Å². The molecule has 2 aromatic rings. The van der Waals surface area contributed by atoms with E-state index in [1.165, 1.54) is 11.8 Å². The van der Waals surface area contributed by atoms with Gasteiger partial charge in [-0.05, 0) is 36.3 Å². The van der Waals surface area contributed by atoms with Crippen LogP contribution in [0, 0.1) is 0 Å². The summed E-state index contributed by atoms with van der Waals surface area (Å²) >= 11 is 6.22. The van der Waals surface area contributed by atoms with Gasteiger partial charge < -0.3 is 10.1 Å². The van der Waals surface area contributed by atoms with Crippen molar-refractivity contribution in [3.8, 4) is 5.75 Å². The third-order valence-corrected chi connectivity index (χ3v) is 4.75. The van der Waals surface area contributed by atoms with Gasteiger partial charge in [0.25, 0.3) is 5.91 Å². The molecule has 1 saturated heterocycles. The Kier molecular flexibility index (Phi) is 5.31. The highest BCUT2D eigenvalue weighted by molar-refractivity contribution is 8.26. The molecule has 1 heterocycles. The van der Waals surface area contributed by atoms with E-state index < -0.39 is 0 Å². The molecule has 0 bridgehead atoms. The van der Waals surface area contributed by atoms with Crippen molar-refractivity contribution in [3.63, 3.8) is 0 Å². The molecule has 1 aliphatic rings. The number of thioether (sulfide) groups is 1. The molecule has 0 spiro atoms. The molecule has 1 amide bonds. The van der Waals surface area contributed by atoms with Gasteiger partial charge in [0.15, 0.2) is 5.78 Å². The van der Waals surface area contributed by atoms with Crippen molar-refractivity contribution in [3.05, 3.63) is 70.1 Å². The maximum Gasteiger partial charge on any atom is 0.263 e. The lowest BCUT2D eigenvalue weighted by Gasteiger charge is -2.07. The average Bonchev–Trinajstić information content (AvgIpc) is 2.92. The van der Waals surface area contributed by atoms with Crippen LogP contribution < -0.4 is 10.1 Å². The number of nitrogens with one attached hydrogen (secondary N) is 1. The maximum absolute atomic E-state index is 11.6. The minimum atomic E-state index is -0.163. The third kappa shape index (κ3) is 4.55. The summed E-state index contributed by atoms with van der Waals surface area (Å²) in [4.78, 5) is 23.5. The average molecular weight is 369 g/mol. The monoisotopic (exact) mass is 369 g/mol. The molecule has 0 radical (unpaired) electrons. The summed E-state index contributed by atoms with van der Waals surface area (Å²) in [6.07, 6.45) is 1.80. The smallest absolute Gasteiger partial charge is 0.263 e. The number of ether oxygens (including phenoxy) is 1. The predicted octanol–water partition coefficient (Wildman–Crippen LogP) is 3.96. The van der Waals surface area contributed by atoms with E-state index in [1.807, 2.05) is 36.4 Å². The highest BCUT2D eigenvalue weighted by Crippen LogP contribution is 2.26. The molecule has 1 aliphatic heterocycles. The lowest BCUT2D eigenvalue weighted by atomic mass is 10.1. The lowest BCUT2D eigenvalue weighted by Crippen LogP contribution is -2.17. The fourth-order valence-corrected chi connectivity index (χ4v) is 3.28. The van der Waals surface area contributed by atoms with Crippen molar-refractivity contribution in [1.82, 2.24) is 5.32 Å². The predicted molar refractivity (Wildman–Crippen MR) is 104 cm³/mol. The molecule has 0 saturated carbocycles. The van der Waals surface area contributed by atoms with Gasteiger partial charge in [0, 0.05) is 5.56 Å². The lowest BCUT2D eigenvalue weighted by molar-refractivity contribution is -0.115. The van der Waals surface area contributed by atoms with Crippen LogP contribution in [0.1, 0.15) is 28.4 Å². The van der Waals surface area contributed by atoms with Gasteiger partial charge in [-0.1, -0.05) is 60.4 Å². The number of amides is 1. The standard InChI is InChI=1S/C19H15NO3S2/c1-12(21)15-6-2-14(3-7-15)11-23-16-8-4-13(5-9-16)10-17-18(22)20-19(24)25-17/h2-10H,11H2,1H3,(H,20,22,24)/b17-10-. The second-order valence-electron chi connectivity index (χ2n) is 5.46. The van der Waals surface area contributed by atoms with E-state index in [9.17, 15) is 9.59 Å². The summed E-state index contributed by atoms with van der Waals surface area (Å²) in [5, 5.41) is 2.59. The van der Waals surface area contributed by atoms with Crippen molar-refractivity contribution in [2.24, 2.45) is 0 Å². The molecule has 6 heteroatoms. The van der Waals surface area contributed by atoms with Crippen molar-refractivity contribution in [1.29, 1.82) is 0 Å². The Morgan fingerprint density at radius 2 is 1.84 bits per heavy atom. The van der Waals surface area contributed by atoms with E-state index in [4.69, 9.17) is 17.0 Å². The second-order valence-corrected chi connectivity index (χ2v) is 7.18. The van der Waals surface area contributed by atoms with Crippen molar-refractivity contribution < 1.29 is 14.3 Å². The summed E-state index contributed by atoms with van der Waals surface area (Å²) in [5.74, 6) is 0.619.